The molecule has 220 valence electrons. The molecule has 4 rings (SSSR count). The molecule has 0 N–H and O–H groups in total. The van der Waals surface area contributed by atoms with E-state index in [0.29, 0.717) is 36.0 Å². The number of rotatable bonds is 13. The van der Waals surface area contributed by atoms with Crippen molar-refractivity contribution in [3.63, 3.8) is 0 Å². The third-order valence-corrected chi connectivity index (χ3v) is 8.73. The van der Waals surface area contributed by atoms with Gasteiger partial charge in [0.1, 0.15) is 17.5 Å². The first-order chi connectivity index (χ1) is 19.7. The number of benzene rings is 1. The molecule has 3 heterocycles. The van der Waals surface area contributed by atoms with Crippen LogP contribution in [0.4, 0.5) is 0 Å². The second kappa shape index (κ2) is 13.8. The van der Waals surface area contributed by atoms with E-state index in [1.54, 1.807) is 6.08 Å². The van der Waals surface area contributed by atoms with Crippen LogP contribution in [-0.4, -0.2) is 50.1 Å². The first-order valence-electron chi connectivity index (χ1n) is 13.1. The molecule has 0 fully saturated rings. The molecule has 12 heteroatoms. The largest absolute Gasteiger partial charge is 0.464 e. The van der Waals surface area contributed by atoms with E-state index < -0.39 is 12.1 Å². The average Bonchev–Trinajstić information content (AvgIpc) is 3.57. The molecule has 0 saturated heterocycles. The van der Waals surface area contributed by atoms with Crippen LogP contribution in [-0.2, 0) is 52.3 Å². The fraction of sp³-hybridized carbons (Fsp3) is 0.414. The molecule has 0 aliphatic heterocycles. The lowest BCUT2D eigenvalue weighted by molar-refractivity contribution is 0.0589. The average molecular weight is 712 g/mol. The van der Waals surface area contributed by atoms with E-state index in [9.17, 15) is 4.79 Å². The number of nitrogens with zero attached hydrogens (tertiary/aromatic N) is 5. The number of aromatic nitrogens is 5. The van der Waals surface area contributed by atoms with Gasteiger partial charge in [-0.25, -0.2) is 4.79 Å². The lowest BCUT2D eigenvalue weighted by Crippen LogP contribution is -2.11. The number of carbonyl (C=O) groups excluding carboxylic acids is 1. The van der Waals surface area contributed by atoms with Gasteiger partial charge in [-0.1, -0.05) is 46.3 Å². The maximum Gasteiger partial charge on any atom is 0.354 e. The van der Waals surface area contributed by atoms with E-state index in [4.69, 9.17) is 30.4 Å². The third-order valence-electron chi connectivity index (χ3n) is 7.23. The molecule has 0 amide bonds. The molecule has 0 bridgehead atoms. The number of carbonyl (C=O) groups is 1. The topological polar surface area (TPSA) is 85.3 Å². The summed E-state index contributed by atoms with van der Waals surface area (Å²) in [5, 5.41) is 10.9. The summed E-state index contributed by atoms with van der Waals surface area (Å²) in [7, 11) is 7.09. The second-order valence-electron chi connectivity index (χ2n) is 9.61. The fourth-order valence-electron chi connectivity index (χ4n) is 5.18. The van der Waals surface area contributed by atoms with E-state index in [2.05, 4.69) is 34.3 Å². The van der Waals surface area contributed by atoms with Gasteiger partial charge in [0.05, 0.1) is 36.6 Å². The highest BCUT2D eigenvalue weighted by Crippen LogP contribution is 2.43. The van der Waals surface area contributed by atoms with Crippen molar-refractivity contribution in [1.29, 1.82) is 0 Å². The van der Waals surface area contributed by atoms with E-state index >= 15 is 0 Å². The summed E-state index contributed by atoms with van der Waals surface area (Å²) in [6.07, 6.45) is 4.49. The first-order valence-corrected chi connectivity index (χ1v) is 16.1. The maximum atomic E-state index is 13.0. The molecule has 4 aromatic rings. The van der Waals surface area contributed by atoms with Crippen molar-refractivity contribution in [3.8, 4) is 11.1 Å². The summed E-state index contributed by atoms with van der Waals surface area (Å²) in [5.74, 6) is -0.400. The number of esters is 1. The fourth-order valence-corrected chi connectivity index (χ4v) is 6.43. The molecule has 9 nitrogen and oxygen atoms in total. The summed E-state index contributed by atoms with van der Waals surface area (Å²) in [6, 6.07) is 5.89. The van der Waals surface area contributed by atoms with Crippen molar-refractivity contribution in [2.24, 2.45) is 21.1 Å². The molecule has 0 saturated carbocycles. The van der Waals surface area contributed by atoms with Gasteiger partial charge in [0, 0.05) is 59.7 Å². The van der Waals surface area contributed by atoms with Crippen LogP contribution in [0.3, 0.4) is 0 Å². The molecule has 0 radical (unpaired) electrons. The predicted molar refractivity (Wildman–Crippen MR) is 173 cm³/mol. The van der Waals surface area contributed by atoms with Crippen molar-refractivity contribution in [3.05, 3.63) is 69.9 Å². The Balaban J connectivity index is 1.86. The van der Waals surface area contributed by atoms with E-state index in [1.807, 2.05) is 66.5 Å². The van der Waals surface area contributed by atoms with Crippen LogP contribution >= 0.6 is 46.2 Å². The van der Waals surface area contributed by atoms with Crippen LogP contribution in [0.2, 0.25) is 5.02 Å². The Morgan fingerprint density at radius 2 is 1.98 bits per heavy atom. The maximum absolute atomic E-state index is 13.0. The SMILES string of the molecule is C=CC(OCc1cc(CI)n(C)n1)c1nn(C)c(C)c1-c1c(Cl)ccc2c(CCCOSC)c(C(=O)OC)n(C)c12. The highest BCUT2D eigenvalue weighted by Gasteiger charge is 2.29. The second-order valence-corrected chi connectivity index (χ2v) is 11.3. The van der Waals surface area contributed by atoms with Crippen LogP contribution in [0.5, 0.6) is 0 Å². The minimum atomic E-state index is -0.523. The summed E-state index contributed by atoms with van der Waals surface area (Å²) in [6.45, 7) is 6.92. The van der Waals surface area contributed by atoms with E-state index in [-0.39, 0.29) is 0 Å². The Morgan fingerprint density at radius 3 is 2.61 bits per heavy atom. The van der Waals surface area contributed by atoms with Crippen LogP contribution < -0.4 is 0 Å². The zero-order valence-electron chi connectivity index (χ0n) is 24.2. The number of halogens is 2. The molecule has 0 spiro atoms. The van der Waals surface area contributed by atoms with Gasteiger partial charge in [-0.2, -0.15) is 10.2 Å². The van der Waals surface area contributed by atoms with Crippen molar-refractivity contribution in [1.82, 2.24) is 24.1 Å². The number of aryl methyl sites for hydroxylation is 4. The zero-order valence-corrected chi connectivity index (χ0v) is 27.9. The van der Waals surface area contributed by atoms with Crippen LogP contribution in [0, 0.1) is 6.92 Å². The Hall–Kier alpha value is -2.32. The van der Waals surface area contributed by atoms with Crippen LogP contribution in [0.15, 0.2) is 30.9 Å². The number of hydrogen-bond donors (Lipinski definition) is 0. The normalized spacial score (nSPS) is 12.3. The monoisotopic (exact) mass is 711 g/mol. The minimum Gasteiger partial charge on any atom is -0.464 e. The lowest BCUT2D eigenvalue weighted by Gasteiger charge is -2.16. The molecule has 1 aromatic carbocycles. The summed E-state index contributed by atoms with van der Waals surface area (Å²) >= 11 is 10.6. The van der Waals surface area contributed by atoms with Crippen molar-refractivity contribution < 1.29 is 18.5 Å². The van der Waals surface area contributed by atoms with Crippen molar-refractivity contribution in [2.75, 3.05) is 20.0 Å². The van der Waals surface area contributed by atoms with Crippen molar-refractivity contribution in [2.45, 2.75) is 36.9 Å². The Labute approximate surface area is 263 Å². The quantitative estimate of drug-likeness (QED) is 0.0383. The van der Waals surface area contributed by atoms with Crippen molar-refractivity contribution >= 4 is 63.1 Å². The number of methoxy groups -OCH3 is 1. The van der Waals surface area contributed by atoms with Gasteiger partial charge in [0.25, 0.3) is 0 Å². The lowest BCUT2D eigenvalue weighted by atomic mass is 9.96. The Bertz CT molecular complexity index is 1580. The molecule has 1 atom stereocenters. The smallest absolute Gasteiger partial charge is 0.354 e. The van der Waals surface area contributed by atoms with Gasteiger partial charge in [0.15, 0.2) is 0 Å². The Kier molecular flexibility index (Phi) is 10.6. The highest BCUT2D eigenvalue weighted by molar-refractivity contribution is 14.1. The van der Waals surface area contributed by atoms with Gasteiger partial charge in [-0.05, 0) is 49.5 Å². The van der Waals surface area contributed by atoms with Gasteiger partial charge < -0.3 is 18.2 Å². The summed E-state index contributed by atoms with van der Waals surface area (Å²) < 4.78 is 23.5. The number of fused-ring (bicyclic) bond motifs is 1. The predicted octanol–water partition coefficient (Wildman–Crippen LogP) is 6.67. The molecule has 1 unspecified atom stereocenters. The Morgan fingerprint density at radius 1 is 1.22 bits per heavy atom. The third kappa shape index (κ3) is 6.24. The molecule has 41 heavy (non-hydrogen) atoms. The number of alkyl halides is 1. The standard InChI is InChI=1S/C29H35ClIN5O4S/c1-8-23(39-16-18-14-19(15-31)36(5)32-18)26-24(17(2)35(4)33-26)25-22(30)12-11-21-20(10-9-13-40-41-7)28(29(37)38-6)34(3)27(21)25/h8,11-12,14,23H,1,9-10,13,15-16H2,2-7H3. The van der Waals surface area contributed by atoms with Gasteiger partial charge >= 0.3 is 5.97 Å². The van der Waals surface area contributed by atoms with Gasteiger partial charge in [-0.3, -0.25) is 9.36 Å². The zero-order chi connectivity index (χ0) is 29.8. The molecule has 0 aliphatic rings. The number of hydrogen-bond acceptors (Lipinski definition) is 7. The van der Waals surface area contributed by atoms with Crippen LogP contribution in [0.25, 0.3) is 22.0 Å². The van der Waals surface area contributed by atoms with Gasteiger partial charge in [0.2, 0.25) is 0 Å². The van der Waals surface area contributed by atoms with E-state index in [0.717, 1.165) is 55.5 Å². The number of ether oxygens (including phenoxy) is 2. The summed E-state index contributed by atoms with van der Waals surface area (Å²) in [5.41, 5.74) is 7.40. The van der Waals surface area contributed by atoms with Gasteiger partial charge in [-0.15, -0.1) is 6.58 Å². The van der Waals surface area contributed by atoms with Crippen LogP contribution in [0.1, 0.15) is 51.4 Å². The molecule has 3 aromatic heterocycles. The first kappa shape index (κ1) is 31.6. The van der Waals surface area contributed by atoms with E-state index in [1.165, 1.54) is 19.2 Å². The highest BCUT2D eigenvalue weighted by atomic mass is 127. The molecule has 0 aliphatic carbocycles. The molecular formula is C29H35ClIN5O4S. The summed E-state index contributed by atoms with van der Waals surface area (Å²) in [4.78, 5) is 13.0. The molecular weight excluding hydrogens is 677 g/mol. The minimum absolute atomic E-state index is 0.299.